The van der Waals surface area contributed by atoms with E-state index in [1.54, 1.807) is 20.3 Å². The van der Waals surface area contributed by atoms with Crippen LogP contribution in [0.25, 0.3) is 0 Å². The van der Waals surface area contributed by atoms with Crippen molar-refractivity contribution in [3.8, 4) is 11.5 Å². The third-order valence-corrected chi connectivity index (χ3v) is 7.68. The molecule has 2 atom stereocenters. The quantitative estimate of drug-likeness (QED) is 0.370. The summed E-state index contributed by atoms with van der Waals surface area (Å²) in [7, 11) is 3.22. The summed E-state index contributed by atoms with van der Waals surface area (Å²) in [4.78, 5) is 18.7. The molecular formula is C31H36N2O3. The Balaban J connectivity index is 1.57. The maximum absolute atomic E-state index is 14.1. The number of carbonyl (C=O) groups excluding carboxylic acids is 1. The zero-order valence-corrected chi connectivity index (χ0v) is 21.6. The summed E-state index contributed by atoms with van der Waals surface area (Å²) in [5.41, 5.74) is 5.65. The van der Waals surface area contributed by atoms with Gasteiger partial charge in [-0.1, -0.05) is 56.2 Å². The zero-order valence-electron chi connectivity index (χ0n) is 21.6. The van der Waals surface area contributed by atoms with Gasteiger partial charge in [-0.3, -0.25) is 4.79 Å². The zero-order chi connectivity index (χ0) is 25.1. The highest BCUT2D eigenvalue weighted by atomic mass is 16.5. The van der Waals surface area contributed by atoms with Gasteiger partial charge >= 0.3 is 0 Å². The number of amides is 1. The van der Waals surface area contributed by atoms with Crippen LogP contribution in [0.1, 0.15) is 66.6 Å². The summed E-state index contributed by atoms with van der Waals surface area (Å²) in [6, 6.07) is 23.1. The lowest BCUT2D eigenvalue weighted by atomic mass is 9.85. The van der Waals surface area contributed by atoms with Crippen molar-refractivity contribution in [2.45, 2.75) is 57.5 Å². The van der Waals surface area contributed by atoms with E-state index in [2.05, 4.69) is 65.3 Å². The first kappa shape index (κ1) is 24.2. The van der Waals surface area contributed by atoms with E-state index in [0.29, 0.717) is 17.1 Å². The molecule has 0 fully saturated rings. The van der Waals surface area contributed by atoms with Gasteiger partial charge in [0.25, 0.3) is 5.91 Å². The Morgan fingerprint density at radius 2 is 1.69 bits per heavy atom. The lowest BCUT2D eigenvalue weighted by Crippen LogP contribution is -2.48. The molecule has 0 bridgehead atoms. The minimum Gasteiger partial charge on any atom is -0.493 e. The molecule has 1 amide bonds. The van der Waals surface area contributed by atoms with Gasteiger partial charge in [0.2, 0.25) is 0 Å². The number of carbonyl (C=O) groups is 1. The van der Waals surface area contributed by atoms with Crippen molar-refractivity contribution in [3.63, 3.8) is 0 Å². The fourth-order valence-corrected chi connectivity index (χ4v) is 5.93. The van der Waals surface area contributed by atoms with Gasteiger partial charge in [-0.05, 0) is 67.1 Å². The van der Waals surface area contributed by atoms with Crippen molar-refractivity contribution in [2.24, 2.45) is 0 Å². The maximum Gasteiger partial charge on any atom is 0.258 e. The Labute approximate surface area is 214 Å². The number of hydrogen-bond donors (Lipinski definition) is 0. The molecule has 188 valence electrons. The number of aryl methyl sites for hydroxylation is 1. The van der Waals surface area contributed by atoms with Gasteiger partial charge in [0.15, 0.2) is 11.5 Å². The van der Waals surface area contributed by atoms with E-state index in [0.717, 1.165) is 50.8 Å². The second-order valence-electron chi connectivity index (χ2n) is 9.78. The number of anilines is 2. The highest BCUT2D eigenvalue weighted by Gasteiger charge is 2.39. The maximum atomic E-state index is 14.1. The molecule has 2 heterocycles. The van der Waals surface area contributed by atoms with Crippen LogP contribution >= 0.6 is 0 Å². The summed E-state index contributed by atoms with van der Waals surface area (Å²) < 4.78 is 10.9. The first-order chi connectivity index (χ1) is 17.7. The summed E-state index contributed by atoms with van der Waals surface area (Å²) in [5, 5.41) is 0. The molecule has 0 spiro atoms. The smallest absolute Gasteiger partial charge is 0.258 e. The van der Waals surface area contributed by atoms with Gasteiger partial charge in [0, 0.05) is 29.5 Å². The van der Waals surface area contributed by atoms with E-state index in [-0.39, 0.29) is 18.0 Å². The predicted octanol–water partition coefficient (Wildman–Crippen LogP) is 6.81. The molecular weight excluding hydrogens is 448 g/mol. The molecule has 5 rings (SSSR count). The largest absolute Gasteiger partial charge is 0.493 e. The predicted molar refractivity (Wildman–Crippen MR) is 146 cm³/mol. The number of nitrogens with zero attached hydrogens (tertiary/aromatic N) is 2. The SMILES string of the molecule is CCCCC1CC(N2CCCc3ccccc32)c2ccccc2N1C(=O)c1ccc(OC)c(OC)c1. The summed E-state index contributed by atoms with van der Waals surface area (Å²) in [5.74, 6) is 1.21. The minimum absolute atomic E-state index is 0.0157. The molecule has 0 saturated heterocycles. The van der Waals surface area contributed by atoms with Crippen LogP contribution in [0.2, 0.25) is 0 Å². The molecule has 3 aromatic rings. The lowest BCUT2D eigenvalue weighted by molar-refractivity contribution is 0.0968. The number of benzene rings is 3. The van der Waals surface area contributed by atoms with Crippen molar-refractivity contribution in [1.29, 1.82) is 0 Å². The Morgan fingerprint density at radius 3 is 2.47 bits per heavy atom. The first-order valence-electron chi connectivity index (χ1n) is 13.1. The molecule has 5 nitrogen and oxygen atoms in total. The highest BCUT2D eigenvalue weighted by Crippen LogP contribution is 2.45. The van der Waals surface area contributed by atoms with Crippen molar-refractivity contribution < 1.29 is 14.3 Å². The Kier molecular flexibility index (Phi) is 7.17. The third kappa shape index (κ3) is 4.43. The molecule has 3 aromatic carbocycles. The van der Waals surface area contributed by atoms with Crippen LogP contribution in [0.4, 0.5) is 11.4 Å². The number of methoxy groups -OCH3 is 2. The summed E-state index contributed by atoms with van der Waals surface area (Å²) >= 11 is 0. The van der Waals surface area contributed by atoms with Crippen molar-refractivity contribution in [2.75, 3.05) is 30.6 Å². The van der Waals surface area contributed by atoms with E-state index in [9.17, 15) is 4.79 Å². The average Bonchev–Trinajstić information content (AvgIpc) is 2.94. The van der Waals surface area contributed by atoms with Crippen molar-refractivity contribution in [3.05, 3.63) is 83.4 Å². The average molecular weight is 485 g/mol. The van der Waals surface area contributed by atoms with E-state index >= 15 is 0 Å². The number of ether oxygens (including phenoxy) is 2. The molecule has 0 N–H and O–H groups in total. The minimum atomic E-state index is 0.0157. The van der Waals surface area contributed by atoms with Gasteiger partial charge in [0.05, 0.1) is 20.3 Å². The highest BCUT2D eigenvalue weighted by molar-refractivity contribution is 6.07. The topological polar surface area (TPSA) is 42.0 Å². The molecule has 36 heavy (non-hydrogen) atoms. The second-order valence-corrected chi connectivity index (χ2v) is 9.78. The molecule has 5 heteroatoms. The third-order valence-electron chi connectivity index (χ3n) is 7.68. The van der Waals surface area contributed by atoms with Crippen LogP contribution < -0.4 is 19.3 Å². The van der Waals surface area contributed by atoms with Crippen molar-refractivity contribution in [1.82, 2.24) is 0 Å². The van der Waals surface area contributed by atoms with Gasteiger partial charge in [-0.25, -0.2) is 0 Å². The van der Waals surface area contributed by atoms with Crippen LogP contribution in [0.5, 0.6) is 11.5 Å². The van der Waals surface area contributed by atoms with E-state index in [1.165, 1.54) is 16.8 Å². The number of rotatable bonds is 7. The normalized spacial score (nSPS) is 18.9. The molecule has 2 aliphatic heterocycles. The Bertz CT molecular complexity index is 1220. The Morgan fingerprint density at radius 1 is 0.944 bits per heavy atom. The molecule has 2 unspecified atom stereocenters. The van der Waals surface area contributed by atoms with E-state index in [4.69, 9.17) is 9.47 Å². The van der Waals surface area contributed by atoms with Crippen LogP contribution in [-0.4, -0.2) is 32.7 Å². The summed E-state index contributed by atoms with van der Waals surface area (Å²) in [6.45, 7) is 3.26. The molecule has 0 aliphatic carbocycles. The number of unbranched alkanes of at least 4 members (excludes halogenated alkanes) is 1. The standard InChI is InChI=1S/C31H36N2O3/c1-4-5-13-24-21-28(32-19-10-12-22-11-6-8-15-26(22)32)25-14-7-9-16-27(25)33(24)31(34)23-17-18-29(35-2)30(20-23)36-3/h6-9,11,14-18,20,24,28H,4-5,10,12-13,19,21H2,1-3H3. The number of para-hydroxylation sites is 2. The molecule has 0 aromatic heterocycles. The monoisotopic (exact) mass is 484 g/mol. The van der Waals surface area contributed by atoms with Crippen molar-refractivity contribution >= 4 is 17.3 Å². The molecule has 0 saturated carbocycles. The molecule has 2 aliphatic rings. The summed E-state index contributed by atoms with van der Waals surface area (Å²) in [6.07, 6.45) is 6.38. The lowest BCUT2D eigenvalue weighted by Gasteiger charge is -2.47. The van der Waals surface area contributed by atoms with Crippen LogP contribution in [0.3, 0.4) is 0 Å². The van der Waals surface area contributed by atoms with Crippen LogP contribution in [-0.2, 0) is 6.42 Å². The molecule has 0 radical (unpaired) electrons. The Hall–Kier alpha value is -3.47. The fourth-order valence-electron chi connectivity index (χ4n) is 5.93. The number of fused-ring (bicyclic) bond motifs is 2. The van der Waals surface area contributed by atoms with Crippen LogP contribution in [0, 0.1) is 0 Å². The van der Waals surface area contributed by atoms with Crippen LogP contribution in [0.15, 0.2) is 66.7 Å². The number of hydrogen-bond acceptors (Lipinski definition) is 4. The first-order valence-corrected chi connectivity index (χ1v) is 13.1. The second kappa shape index (κ2) is 10.7. The van der Waals surface area contributed by atoms with Gasteiger partial charge in [-0.15, -0.1) is 0 Å². The fraction of sp³-hybridized carbons (Fsp3) is 0.387. The van der Waals surface area contributed by atoms with Gasteiger partial charge < -0.3 is 19.3 Å². The van der Waals surface area contributed by atoms with E-state index in [1.807, 2.05) is 12.1 Å². The van der Waals surface area contributed by atoms with E-state index < -0.39 is 0 Å². The van der Waals surface area contributed by atoms with Gasteiger partial charge in [0.1, 0.15) is 0 Å². The van der Waals surface area contributed by atoms with Gasteiger partial charge in [-0.2, -0.15) is 0 Å².